The van der Waals surface area contributed by atoms with Gasteiger partial charge in [0.05, 0.1) is 15.0 Å². The summed E-state index contributed by atoms with van der Waals surface area (Å²) < 4.78 is 0. The summed E-state index contributed by atoms with van der Waals surface area (Å²) in [5, 5.41) is 11.5. The molecule has 0 radical (unpaired) electrons. The van der Waals surface area contributed by atoms with Crippen LogP contribution in [0.15, 0.2) is 12.1 Å². The highest BCUT2D eigenvalue weighted by molar-refractivity contribution is 6.42. The molecule has 0 heterocycles. The van der Waals surface area contributed by atoms with Crippen molar-refractivity contribution in [1.82, 2.24) is 0 Å². The third kappa shape index (κ3) is 3.09. The van der Waals surface area contributed by atoms with E-state index in [9.17, 15) is 10.1 Å². The van der Waals surface area contributed by atoms with Gasteiger partial charge in [0.1, 0.15) is 0 Å². The molecule has 1 aromatic rings. The highest BCUT2D eigenvalue weighted by atomic mass is 35.5. The van der Waals surface area contributed by atoms with Crippen molar-refractivity contribution in [1.29, 1.82) is 0 Å². The molecule has 0 fully saturated rings. The van der Waals surface area contributed by atoms with E-state index < -0.39 is 4.92 Å². The van der Waals surface area contributed by atoms with Gasteiger partial charge in [0.15, 0.2) is 0 Å². The van der Waals surface area contributed by atoms with Gasteiger partial charge in [-0.1, -0.05) is 30.1 Å². The lowest BCUT2D eigenvalue weighted by Crippen LogP contribution is -2.25. The maximum absolute atomic E-state index is 11.0. The lowest BCUT2D eigenvalue weighted by Gasteiger charge is -2.19. The number of benzene rings is 1. The average Bonchev–Trinajstić information content (AvgIpc) is 2.22. The van der Waals surface area contributed by atoms with Gasteiger partial charge in [-0.3, -0.25) is 10.1 Å². The van der Waals surface area contributed by atoms with E-state index in [1.54, 1.807) is 6.07 Å². The summed E-state index contributed by atoms with van der Waals surface area (Å²) in [6.45, 7) is 3.75. The molecule has 0 spiro atoms. The molecule has 0 aromatic heterocycles. The fourth-order valence-corrected chi connectivity index (χ4v) is 2.21. The summed E-state index contributed by atoms with van der Waals surface area (Å²) in [6.07, 6.45) is 0.705. The highest BCUT2D eigenvalue weighted by Crippen LogP contribution is 2.36. The van der Waals surface area contributed by atoms with Crippen LogP contribution in [0.5, 0.6) is 0 Å². The third-order valence-electron chi connectivity index (χ3n) is 2.74. The molecular formula is C11H14Cl2N2O2. The first-order valence-corrected chi connectivity index (χ1v) is 6.03. The minimum absolute atomic E-state index is 0.0245. The molecule has 6 heteroatoms. The Labute approximate surface area is 110 Å². The van der Waals surface area contributed by atoms with Crippen LogP contribution in [-0.2, 0) is 0 Å². The van der Waals surface area contributed by atoms with Gasteiger partial charge >= 0.3 is 0 Å². The van der Waals surface area contributed by atoms with E-state index in [1.165, 1.54) is 6.07 Å². The topological polar surface area (TPSA) is 69.2 Å². The normalized spacial score (nSPS) is 14.4. The standard InChI is InChI=1S/C11H14Cl2N2O2/c1-3-7(6(2)14)8-4-9(12)10(13)5-11(8)15(16)17/h4-7H,3,14H2,1-2H3. The van der Waals surface area contributed by atoms with E-state index >= 15 is 0 Å². The van der Waals surface area contributed by atoms with Crippen molar-refractivity contribution in [3.05, 3.63) is 37.9 Å². The Bertz CT molecular complexity index is 436. The molecule has 2 unspecified atom stereocenters. The predicted molar refractivity (Wildman–Crippen MR) is 69.8 cm³/mol. The van der Waals surface area contributed by atoms with Crippen molar-refractivity contribution in [2.24, 2.45) is 5.73 Å². The van der Waals surface area contributed by atoms with E-state index in [4.69, 9.17) is 28.9 Å². The number of hydrogen-bond acceptors (Lipinski definition) is 3. The van der Waals surface area contributed by atoms with Crippen LogP contribution in [0, 0.1) is 10.1 Å². The average molecular weight is 277 g/mol. The van der Waals surface area contributed by atoms with E-state index in [2.05, 4.69) is 0 Å². The van der Waals surface area contributed by atoms with Gasteiger partial charge in [-0.2, -0.15) is 0 Å². The van der Waals surface area contributed by atoms with E-state index in [0.29, 0.717) is 17.0 Å². The first kappa shape index (κ1) is 14.2. The van der Waals surface area contributed by atoms with Crippen LogP contribution in [0.1, 0.15) is 31.7 Å². The number of hydrogen-bond donors (Lipinski definition) is 1. The molecule has 1 aromatic carbocycles. The van der Waals surface area contributed by atoms with E-state index in [0.717, 1.165) is 0 Å². The van der Waals surface area contributed by atoms with Gasteiger partial charge in [0.25, 0.3) is 5.69 Å². The minimum atomic E-state index is -0.456. The zero-order valence-corrected chi connectivity index (χ0v) is 11.1. The van der Waals surface area contributed by atoms with Crippen LogP contribution in [0.2, 0.25) is 10.0 Å². The molecule has 1 rings (SSSR count). The Morgan fingerprint density at radius 1 is 1.41 bits per heavy atom. The van der Waals surface area contributed by atoms with Crippen molar-refractivity contribution < 1.29 is 4.92 Å². The Hall–Kier alpha value is -0.840. The summed E-state index contributed by atoms with van der Waals surface area (Å²) in [7, 11) is 0. The van der Waals surface area contributed by atoms with Crippen LogP contribution in [0.3, 0.4) is 0 Å². The second-order valence-corrected chi connectivity index (χ2v) is 4.77. The predicted octanol–water partition coefficient (Wildman–Crippen LogP) is 3.74. The van der Waals surface area contributed by atoms with E-state index in [-0.39, 0.29) is 22.7 Å². The molecule has 94 valence electrons. The lowest BCUT2D eigenvalue weighted by molar-refractivity contribution is -0.385. The smallest absolute Gasteiger partial charge is 0.274 e. The van der Waals surface area contributed by atoms with Crippen LogP contribution < -0.4 is 5.73 Å². The van der Waals surface area contributed by atoms with Crippen LogP contribution >= 0.6 is 23.2 Å². The second kappa shape index (κ2) is 5.67. The summed E-state index contributed by atoms with van der Waals surface area (Å²) in [5.74, 6) is -0.106. The largest absolute Gasteiger partial charge is 0.327 e. The van der Waals surface area contributed by atoms with Gasteiger partial charge in [-0.05, 0) is 19.4 Å². The van der Waals surface area contributed by atoms with Crippen LogP contribution in [0.4, 0.5) is 5.69 Å². The quantitative estimate of drug-likeness (QED) is 0.673. The van der Waals surface area contributed by atoms with Crippen molar-refractivity contribution in [3.8, 4) is 0 Å². The number of nitrogens with two attached hydrogens (primary N) is 1. The molecule has 0 aliphatic heterocycles. The SMILES string of the molecule is CCC(c1cc(Cl)c(Cl)cc1[N+](=O)[O-])C(C)N. The molecule has 0 bridgehead atoms. The molecule has 0 amide bonds. The lowest BCUT2D eigenvalue weighted by atomic mass is 9.89. The van der Waals surface area contributed by atoms with Gasteiger partial charge in [-0.25, -0.2) is 0 Å². The molecule has 0 aliphatic rings. The summed E-state index contributed by atoms with van der Waals surface area (Å²) in [5.41, 5.74) is 6.36. The Balaban J connectivity index is 3.39. The number of rotatable bonds is 4. The third-order valence-corrected chi connectivity index (χ3v) is 3.46. The summed E-state index contributed by atoms with van der Waals surface area (Å²) in [4.78, 5) is 10.5. The Morgan fingerprint density at radius 3 is 2.35 bits per heavy atom. The number of nitro groups is 1. The Kier molecular flexibility index (Phi) is 4.74. The fourth-order valence-electron chi connectivity index (χ4n) is 1.88. The zero-order valence-electron chi connectivity index (χ0n) is 9.61. The molecule has 0 aliphatic carbocycles. The molecule has 17 heavy (non-hydrogen) atoms. The number of nitro benzene ring substituents is 1. The van der Waals surface area contributed by atoms with Gasteiger partial charge in [0.2, 0.25) is 0 Å². The van der Waals surface area contributed by atoms with Crippen LogP contribution in [-0.4, -0.2) is 11.0 Å². The zero-order chi connectivity index (χ0) is 13.2. The van der Waals surface area contributed by atoms with Gasteiger partial charge in [-0.15, -0.1) is 0 Å². The molecule has 2 atom stereocenters. The molecule has 4 nitrogen and oxygen atoms in total. The Morgan fingerprint density at radius 2 is 1.94 bits per heavy atom. The summed E-state index contributed by atoms with van der Waals surface area (Å²) in [6, 6.07) is 2.64. The minimum Gasteiger partial charge on any atom is -0.327 e. The van der Waals surface area contributed by atoms with Crippen LogP contribution in [0.25, 0.3) is 0 Å². The van der Waals surface area contributed by atoms with Crippen molar-refractivity contribution >= 4 is 28.9 Å². The summed E-state index contributed by atoms with van der Waals surface area (Å²) >= 11 is 11.7. The van der Waals surface area contributed by atoms with Crippen molar-refractivity contribution in [2.75, 3.05) is 0 Å². The second-order valence-electron chi connectivity index (χ2n) is 3.96. The molecule has 2 N–H and O–H groups in total. The highest BCUT2D eigenvalue weighted by Gasteiger charge is 2.25. The number of halogens is 2. The van der Waals surface area contributed by atoms with Crippen molar-refractivity contribution in [2.45, 2.75) is 32.2 Å². The maximum atomic E-state index is 11.0. The van der Waals surface area contributed by atoms with Crippen molar-refractivity contribution in [3.63, 3.8) is 0 Å². The maximum Gasteiger partial charge on any atom is 0.274 e. The molecule has 0 saturated heterocycles. The fraction of sp³-hybridized carbons (Fsp3) is 0.455. The molecular weight excluding hydrogens is 263 g/mol. The number of nitrogens with zero attached hydrogens (tertiary/aromatic N) is 1. The first-order valence-electron chi connectivity index (χ1n) is 5.27. The van der Waals surface area contributed by atoms with Gasteiger partial charge < -0.3 is 5.73 Å². The first-order chi connectivity index (χ1) is 7.88. The molecule has 0 saturated carbocycles. The van der Waals surface area contributed by atoms with E-state index in [1.807, 2.05) is 13.8 Å². The van der Waals surface area contributed by atoms with Gasteiger partial charge in [0, 0.05) is 23.6 Å². The monoisotopic (exact) mass is 276 g/mol.